The fraction of sp³-hybridized carbons (Fsp3) is 0.667. The van der Waals surface area contributed by atoms with Gasteiger partial charge in [0.25, 0.3) is 5.56 Å². The average molecular weight is 486 g/mol. The van der Waals surface area contributed by atoms with Crippen LogP contribution >= 0.6 is 23.1 Å². The highest BCUT2D eigenvalue weighted by Crippen LogP contribution is 2.31. The molecular formula is C21H31N3O4S3. The zero-order valence-corrected chi connectivity index (χ0v) is 21.3. The van der Waals surface area contributed by atoms with E-state index in [0.717, 1.165) is 23.3 Å². The minimum absolute atomic E-state index is 0.0309. The fourth-order valence-corrected chi connectivity index (χ4v) is 7.78. The Labute approximate surface area is 192 Å². The van der Waals surface area contributed by atoms with Crippen molar-refractivity contribution in [2.24, 2.45) is 0 Å². The first-order chi connectivity index (χ1) is 14.6. The van der Waals surface area contributed by atoms with Crippen molar-refractivity contribution >= 4 is 49.1 Å². The van der Waals surface area contributed by atoms with Crippen LogP contribution in [0.4, 0.5) is 0 Å². The van der Waals surface area contributed by atoms with E-state index in [1.165, 1.54) is 23.1 Å². The number of hydrogen-bond donors (Lipinski definition) is 0. The number of amides is 1. The third kappa shape index (κ3) is 5.01. The number of thiophene rings is 1. The molecule has 0 spiro atoms. The largest absolute Gasteiger partial charge is 0.338 e. The average Bonchev–Trinajstić information content (AvgIpc) is 3.20. The van der Waals surface area contributed by atoms with Gasteiger partial charge in [-0.15, -0.1) is 11.3 Å². The molecule has 1 aliphatic heterocycles. The van der Waals surface area contributed by atoms with E-state index in [-0.39, 0.29) is 29.0 Å². The summed E-state index contributed by atoms with van der Waals surface area (Å²) in [6.45, 7) is 10.7. The molecule has 172 valence electrons. The van der Waals surface area contributed by atoms with Crippen molar-refractivity contribution < 1.29 is 13.2 Å². The number of nitrogens with zero attached hydrogens (tertiary/aromatic N) is 3. The van der Waals surface area contributed by atoms with Gasteiger partial charge in [0.2, 0.25) is 5.91 Å². The highest BCUT2D eigenvalue weighted by atomic mass is 32.2. The number of carbonyl (C=O) groups is 1. The Morgan fingerprint density at radius 1 is 1.35 bits per heavy atom. The predicted molar refractivity (Wildman–Crippen MR) is 128 cm³/mol. The minimum Gasteiger partial charge on any atom is -0.338 e. The normalized spacial score (nSPS) is 19.1. The van der Waals surface area contributed by atoms with Crippen molar-refractivity contribution in [1.82, 2.24) is 14.5 Å². The summed E-state index contributed by atoms with van der Waals surface area (Å²) in [6.07, 6.45) is 2.29. The van der Waals surface area contributed by atoms with Crippen LogP contribution in [0.5, 0.6) is 0 Å². The topological polar surface area (TPSA) is 89.3 Å². The molecule has 0 unspecified atom stereocenters. The highest BCUT2D eigenvalue weighted by Gasteiger charge is 2.35. The number of rotatable bonds is 8. The summed E-state index contributed by atoms with van der Waals surface area (Å²) >= 11 is 2.80. The molecule has 1 saturated heterocycles. The van der Waals surface area contributed by atoms with Gasteiger partial charge in [0.05, 0.1) is 22.1 Å². The SMILES string of the molecule is CCCCn1c(S[C@H](C)C(=O)N(CC)[C@@H]2CCS(=O)(=O)C2)nc2sc(C)c(C)c2c1=O. The molecule has 2 atom stereocenters. The first-order valence-corrected chi connectivity index (χ1v) is 14.3. The lowest BCUT2D eigenvalue weighted by Crippen LogP contribution is -2.44. The first-order valence-electron chi connectivity index (χ1n) is 10.8. The van der Waals surface area contributed by atoms with Gasteiger partial charge in [0.15, 0.2) is 15.0 Å². The van der Waals surface area contributed by atoms with E-state index in [9.17, 15) is 18.0 Å². The number of aryl methyl sites for hydroxylation is 2. The smallest absolute Gasteiger partial charge is 0.263 e. The molecule has 10 heteroatoms. The summed E-state index contributed by atoms with van der Waals surface area (Å²) < 4.78 is 25.5. The van der Waals surface area contributed by atoms with Gasteiger partial charge < -0.3 is 4.90 Å². The Kier molecular flexibility index (Phi) is 7.53. The second kappa shape index (κ2) is 9.62. The molecule has 0 radical (unpaired) electrons. The van der Waals surface area contributed by atoms with Crippen LogP contribution in [0.1, 0.15) is 50.5 Å². The summed E-state index contributed by atoms with van der Waals surface area (Å²) in [6, 6.07) is -0.272. The van der Waals surface area contributed by atoms with Gasteiger partial charge in [-0.1, -0.05) is 25.1 Å². The molecule has 0 bridgehead atoms. The Balaban J connectivity index is 1.92. The molecule has 1 aliphatic rings. The van der Waals surface area contributed by atoms with Crippen molar-refractivity contribution in [3.05, 3.63) is 20.8 Å². The second-order valence-corrected chi connectivity index (χ2v) is 12.8. The maximum atomic E-state index is 13.3. The van der Waals surface area contributed by atoms with E-state index in [4.69, 9.17) is 4.98 Å². The lowest BCUT2D eigenvalue weighted by atomic mass is 10.2. The molecule has 7 nitrogen and oxygen atoms in total. The van der Waals surface area contributed by atoms with Crippen molar-refractivity contribution in [3.63, 3.8) is 0 Å². The predicted octanol–water partition coefficient (Wildman–Crippen LogP) is 3.39. The number of thioether (sulfide) groups is 1. The van der Waals surface area contributed by atoms with Crippen molar-refractivity contribution in [2.75, 3.05) is 18.1 Å². The zero-order chi connectivity index (χ0) is 22.9. The van der Waals surface area contributed by atoms with Crippen molar-refractivity contribution in [1.29, 1.82) is 0 Å². The summed E-state index contributed by atoms with van der Waals surface area (Å²) in [5.74, 6) is 0.0577. The van der Waals surface area contributed by atoms with Gasteiger partial charge in [-0.2, -0.15) is 0 Å². The Bertz CT molecular complexity index is 1140. The van der Waals surface area contributed by atoms with E-state index < -0.39 is 15.1 Å². The van der Waals surface area contributed by atoms with Crippen molar-refractivity contribution in [3.8, 4) is 0 Å². The Morgan fingerprint density at radius 2 is 2.06 bits per heavy atom. The van der Waals surface area contributed by atoms with Gasteiger partial charge in [-0.25, -0.2) is 13.4 Å². The first kappa shape index (κ1) is 24.3. The lowest BCUT2D eigenvalue weighted by Gasteiger charge is -2.29. The molecule has 0 aliphatic carbocycles. The maximum Gasteiger partial charge on any atom is 0.263 e. The van der Waals surface area contributed by atoms with Crippen LogP contribution in [0.3, 0.4) is 0 Å². The molecule has 1 amide bonds. The third-order valence-corrected chi connectivity index (χ3v) is 9.82. The quantitative estimate of drug-likeness (QED) is 0.421. The number of unbranched alkanes of at least 4 members (excludes halogenated alkanes) is 1. The highest BCUT2D eigenvalue weighted by molar-refractivity contribution is 8.00. The van der Waals surface area contributed by atoms with E-state index in [1.54, 1.807) is 9.47 Å². The Morgan fingerprint density at radius 3 is 2.65 bits per heavy atom. The standard InChI is InChI=1S/C21H31N3O4S3/c1-6-8-10-24-20(26)17-13(3)14(4)29-18(17)22-21(24)30-15(5)19(25)23(7-2)16-9-11-31(27,28)12-16/h15-16H,6-12H2,1-5H3/t15-,16-/m1/s1. The maximum absolute atomic E-state index is 13.3. The number of sulfone groups is 1. The van der Waals surface area contributed by atoms with Crippen LogP contribution in [0.15, 0.2) is 9.95 Å². The van der Waals surface area contributed by atoms with Gasteiger partial charge in [-0.3, -0.25) is 14.2 Å². The monoisotopic (exact) mass is 485 g/mol. The lowest BCUT2D eigenvalue weighted by molar-refractivity contribution is -0.131. The molecule has 3 heterocycles. The fourth-order valence-electron chi connectivity index (χ4n) is 3.97. The van der Waals surface area contributed by atoms with Crippen molar-refractivity contribution in [2.45, 2.75) is 76.9 Å². The molecular weight excluding hydrogens is 454 g/mol. The Hall–Kier alpha value is -1.39. The molecule has 1 fully saturated rings. The summed E-state index contributed by atoms with van der Waals surface area (Å²) in [5, 5.41) is 0.763. The van der Waals surface area contributed by atoms with Gasteiger partial charge in [0.1, 0.15) is 4.83 Å². The van der Waals surface area contributed by atoms with E-state index >= 15 is 0 Å². The molecule has 0 aromatic carbocycles. The van der Waals surface area contributed by atoms with E-state index in [1.807, 2.05) is 27.7 Å². The zero-order valence-electron chi connectivity index (χ0n) is 18.8. The molecule has 0 N–H and O–H groups in total. The van der Waals surface area contributed by atoms with Gasteiger partial charge in [-0.05, 0) is 46.1 Å². The van der Waals surface area contributed by atoms with Crippen LogP contribution < -0.4 is 5.56 Å². The number of aromatic nitrogens is 2. The molecule has 2 aromatic heterocycles. The molecule has 31 heavy (non-hydrogen) atoms. The number of fused-ring (bicyclic) bond motifs is 1. The summed E-state index contributed by atoms with van der Waals surface area (Å²) in [4.78, 5) is 34.7. The van der Waals surface area contributed by atoms with Crippen LogP contribution in [-0.4, -0.2) is 58.1 Å². The van der Waals surface area contributed by atoms with Crippen LogP contribution in [0.25, 0.3) is 10.2 Å². The summed E-state index contributed by atoms with van der Waals surface area (Å²) in [5.41, 5.74) is 0.930. The van der Waals surface area contributed by atoms with E-state index in [2.05, 4.69) is 6.92 Å². The number of carbonyl (C=O) groups excluding carboxylic acids is 1. The van der Waals surface area contributed by atoms with Gasteiger partial charge in [0, 0.05) is 24.0 Å². The molecule has 2 aromatic rings. The third-order valence-electron chi connectivity index (χ3n) is 5.89. The van der Waals surface area contributed by atoms with Crippen LogP contribution in [0, 0.1) is 13.8 Å². The van der Waals surface area contributed by atoms with Gasteiger partial charge >= 0.3 is 0 Å². The minimum atomic E-state index is -3.07. The molecule has 3 rings (SSSR count). The van der Waals surface area contributed by atoms with Crippen LogP contribution in [-0.2, 0) is 21.2 Å². The molecule has 0 saturated carbocycles. The number of hydrogen-bond acceptors (Lipinski definition) is 7. The second-order valence-electron chi connectivity index (χ2n) is 8.11. The van der Waals surface area contributed by atoms with E-state index in [0.29, 0.717) is 34.9 Å². The van der Waals surface area contributed by atoms with Crippen LogP contribution in [0.2, 0.25) is 0 Å². The summed E-state index contributed by atoms with van der Waals surface area (Å²) in [7, 11) is -3.07.